The molecule has 2 rings (SSSR count). The molecular weight excluding hydrogens is 256 g/mol. The summed E-state index contributed by atoms with van der Waals surface area (Å²) < 4.78 is 0.764. The Morgan fingerprint density at radius 1 is 1.47 bits per heavy atom. The van der Waals surface area contributed by atoms with Crippen molar-refractivity contribution in [3.05, 3.63) is 39.3 Å². The summed E-state index contributed by atoms with van der Waals surface area (Å²) >= 11 is 7.39. The molecule has 0 aliphatic carbocycles. The molecule has 0 unspecified atom stereocenters. The molecule has 0 spiro atoms. The van der Waals surface area contributed by atoms with Crippen molar-refractivity contribution < 1.29 is 0 Å². The number of aromatic nitrogens is 2. The summed E-state index contributed by atoms with van der Waals surface area (Å²) in [6.07, 6.45) is 1.58. The summed E-state index contributed by atoms with van der Waals surface area (Å²) in [4.78, 5) is 11.3. The predicted octanol–water partition coefficient (Wildman–Crippen LogP) is 2.70. The van der Waals surface area contributed by atoms with Crippen LogP contribution in [-0.2, 0) is 6.54 Å². The molecule has 86 valence electrons. The van der Waals surface area contributed by atoms with E-state index in [9.17, 15) is 0 Å². The molecule has 2 aromatic heterocycles. The van der Waals surface area contributed by atoms with Crippen LogP contribution in [0.15, 0.2) is 24.4 Å². The number of anilines is 1. The zero-order valence-corrected chi connectivity index (χ0v) is 10.7. The Morgan fingerprint density at radius 3 is 2.94 bits per heavy atom. The maximum absolute atomic E-state index is 8.76. The van der Waals surface area contributed by atoms with Gasteiger partial charge in [-0.05, 0) is 18.2 Å². The van der Waals surface area contributed by atoms with Crippen LogP contribution in [0, 0.1) is 11.3 Å². The Labute approximate surface area is 108 Å². The highest BCUT2D eigenvalue weighted by atomic mass is 35.5. The Morgan fingerprint density at radius 2 is 2.29 bits per heavy atom. The minimum atomic E-state index is 0.367. The van der Waals surface area contributed by atoms with Gasteiger partial charge in [0.2, 0.25) is 5.95 Å². The average Bonchev–Trinajstić information content (AvgIpc) is 2.75. The monoisotopic (exact) mass is 264 g/mol. The molecule has 2 heterocycles. The maximum atomic E-state index is 8.76. The molecule has 0 saturated heterocycles. The van der Waals surface area contributed by atoms with Crippen molar-refractivity contribution in [2.45, 2.75) is 6.54 Å². The third-order valence-corrected chi connectivity index (χ3v) is 3.34. The molecular formula is C11H9ClN4S. The van der Waals surface area contributed by atoms with Gasteiger partial charge in [0.15, 0.2) is 0 Å². The van der Waals surface area contributed by atoms with Crippen molar-refractivity contribution in [1.82, 2.24) is 9.97 Å². The second-order valence-corrected chi connectivity index (χ2v) is 5.22. The Bertz CT molecular complexity index is 561. The number of nitriles is 1. The van der Waals surface area contributed by atoms with Gasteiger partial charge in [0.05, 0.1) is 10.9 Å². The Hall–Kier alpha value is -1.64. The van der Waals surface area contributed by atoms with E-state index in [1.807, 2.05) is 30.1 Å². The van der Waals surface area contributed by atoms with Crippen LogP contribution >= 0.6 is 22.9 Å². The van der Waals surface area contributed by atoms with Crippen molar-refractivity contribution >= 4 is 28.9 Å². The number of halogens is 1. The van der Waals surface area contributed by atoms with Crippen LogP contribution < -0.4 is 4.90 Å². The SMILES string of the molecule is CN(Cc1ccc(Cl)s1)c1nccc(C#N)n1. The van der Waals surface area contributed by atoms with Gasteiger partial charge in [0.25, 0.3) is 0 Å². The van der Waals surface area contributed by atoms with Crippen LogP contribution in [0.2, 0.25) is 4.34 Å². The van der Waals surface area contributed by atoms with E-state index in [1.54, 1.807) is 12.3 Å². The van der Waals surface area contributed by atoms with Gasteiger partial charge >= 0.3 is 0 Å². The lowest BCUT2D eigenvalue weighted by Gasteiger charge is -2.15. The zero-order chi connectivity index (χ0) is 12.3. The van der Waals surface area contributed by atoms with Gasteiger partial charge in [-0.25, -0.2) is 9.97 Å². The highest BCUT2D eigenvalue weighted by Gasteiger charge is 2.07. The molecule has 0 N–H and O–H groups in total. The molecule has 0 fully saturated rings. The van der Waals surface area contributed by atoms with Gasteiger partial charge in [-0.1, -0.05) is 11.6 Å². The van der Waals surface area contributed by atoms with Crippen LogP contribution in [0.5, 0.6) is 0 Å². The lowest BCUT2D eigenvalue weighted by Crippen LogP contribution is -2.18. The average molecular weight is 265 g/mol. The van der Waals surface area contributed by atoms with E-state index < -0.39 is 0 Å². The number of hydrogen-bond donors (Lipinski definition) is 0. The molecule has 0 aliphatic rings. The maximum Gasteiger partial charge on any atom is 0.226 e. The summed E-state index contributed by atoms with van der Waals surface area (Å²) in [6, 6.07) is 7.41. The van der Waals surface area contributed by atoms with Crippen LogP contribution in [0.4, 0.5) is 5.95 Å². The van der Waals surface area contributed by atoms with E-state index >= 15 is 0 Å². The number of nitrogens with zero attached hydrogens (tertiary/aromatic N) is 4. The van der Waals surface area contributed by atoms with Gasteiger partial charge in [-0.3, -0.25) is 0 Å². The van der Waals surface area contributed by atoms with Crippen molar-refractivity contribution in [3.63, 3.8) is 0 Å². The lowest BCUT2D eigenvalue weighted by atomic mass is 10.4. The third kappa shape index (κ3) is 2.93. The fourth-order valence-electron chi connectivity index (χ4n) is 1.34. The second-order valence-electron chi connectivity index (χ2n) is 3.42. The lowest BCUT2D eigenvalue weighted by molar-refractivity contribution is 0.875. The Balaban J connectivity index is 2.14. The molecule has 0 aromatic carbocycles. The van der Waals surface area contributed by atoms with E-state index in [2.05, 4.69) is 9.97 Å². The summed E-state index contributed by atoms with van der Waals surface area (Å²) in [6.45, 7) is 0.673. The van der Waals surface area contributed by atoms with Crippen molar-refractivity contribution in [2.24, 2.45) is 0 Å². The molecule has 0 radical (unpaired) electrons. The molecule has 2 aromatic rings. The first-order valence-electron chi connectivity index (χ1n) is 4.87. The summed E-state index contributed by atoms with van der Waals surface area (Å²) in [5, 5.41) is 8.76. The van der Waals surface area contributed by atoms with E-state index in [0.717, 1.165) is 9.21 Å². The van der Waals surface area contributed by atoms with Crippen LogP contribution in [-0.4, -0.2) is 17.0 Å². The van der Waals surface area contributed by atoms with E-state index in [1.165, 1.54) is 11.3 Å². The first kappa shape index (κ1) is 11.8. The standard InChI is InChI=1S/C11H9ClN4S/c1-16(7-9-2-3-10(12)17-9)11-14-5-4-8(6-13)15-11/h2-5H,7H2,1H3. The normalized spacial score (nSPS) is 9.94. The first-order valence-corrected chi connectivity index (χ1v) is 6.07. The second kappa shape index (κ2) is 5.13. The summed E-state index contributed by atoms with van der Waals surface area (Å²) in [5.41, 5.74) is 0.367. The quantitative estimate of drug-likeness (QED) is 0.855. The zero-order valence-electron chi connectivity index (χ0n) is 9.09. The van der Waals surface area contributed by atoms with Gasteiger partial charge < -0.3 is 4.90 Å². The topological polar surface area (TPSA) is 52.8 Å². The molecule has 0 amide bonds. The number of thiophene rings is 1. The fourth-order valence-corrected chi connectivity index (χ4v) is 2.48. The van der Waals surface area contributed by atoms with Crippen LogP contribution in [0.1, 0.15) is 10.6 Å². The van der Waals surface area contributed by atoms with Crippen molar-refractivity contribution in [1.29, 1.82) is 5.26 Å². The van der Waals surface area contributed by atoms with Gasteiger partial charge in [0.1, 0.15) is 11.8 Å². The van der Waals surface area contributed by atoms with Gasteiger partial charge in [-0.2, -0.15) is 5.26 Å². The molecule has 0 saturated carbocycles. The van der Waals surface area contributed by atoms with Crippen molar-refractivity contribution in [3.8, 4) is 6.07 Å². The first-order chi connectivity index (χ1) is 8.19. The molecule has 0 bridgehead atoms. The third-order valence-electron chi connectivity index (χ3n) is 2.12. The minimum Gasteiger partial charge on any atom is -0.339 e. The number of rotatable bonds is 3. The predicted molar refractivity (Wildman–Crippen MR) is 68.2 cm³/mol. The largest absolute Gasteiger partial charge is 0.339 e. The van der Waals surface area contributed by atoms with Crippen LogP contribution in [0.25, 0.3) is 0 Å². The summed E-state index contributed by atoms with van der Waals surface area (Å²) in [5.74, 6) is 0.536. The molecule has 17 heavy (non-hydrogen) atoms. The summed E-state index contributed by atoms with van der Waals surface area (Å²) in [7, 11) is 1.88. The highest BCUT2D eigenvalue weighted by molar-refractivity contribution is 7.16. The number of hydrogen-bond acceptors (Lipinski definition) is 5. The smallest absolute Gasteiger partial charge is 0.226 e. The van der Waals surface area contributed by atoms with E-state index in [-0.39, 0.29) is 0 Å². The highest BCUT2D eigenvalue weighted by Crippen LogP contribution is 2.23. The molecule has 0 atom stereocenters. The minimum absolute atomic E-state index is 0.367. The van der Waals surface area contributed by atoms with Gasteiger partial charge in [0, 0.05) is 18.1 Å². The fraction of sp³-hybridized carbons (Fsp3) is 0.182. The van der Waals surface area contributed by atoms with Crippen LogP contribution in [0.3, 0.4) is 0 Å². The Kier molecular flexibility index (Phi) is 3.57. The molecule has 6 heteroatoms. The molecule has 0 aliphatic heterocycles. The van der Waals surface area contributed by atoms with Gasteiger partial charge in [-0.15, -0.1) is 11.3 Å². The van der Waals surface area contributed by atoms with E-state index in [4.69, 9.17) is 16.9 Å². The van der Waals surface area contributed by atoms with Crippen molar-refractivity contribution in [2.75, 3.05) is 11.9 Å². The van der Waals surface area contributed by atoms with E-state index in [0.29, 0.717) is 18.2 Å². The molecule has 4 nitrogen and oxygen atoms in total.